The van der Waals surface area contributed by atoms with Gasteiger partial charge in [-0.05, 0) is 31.4 Å². The smallest absolute Gasteiger partial charge is 0.197 e. The normalized spacial score (nSPS) is 10.6. The predicted octanol–water partition coefficient (Wildman–Crippen LogP) is 2.85. The lowest BCUT2D eigenvalue weighted by atomic mass is 10.1. The van der Waals surface area contributed by atoms with Crippen LogP contribution in [0.2, 0.25) is 0 Å². The third-order valence-electron chi connectivity index (χ3n) is 2.59. The van der Waals surface area contributed by atoms with Crippen molar-refractivity contribution in [3.05, 3.63) is 45.7 Å². The van der Waals surface area contributed by atoms with Gasteiger partial charge in [-0.3, -0.25) is 0 Å². The summed E-state index contributed by atoms with van der Waals surface area (Å²) in [5, 5.41) is 0. The Balaban J connectivity index is 2.08. The first kappa shape index (κ1) is 11.2. The lowest BCUT2D eigenvalue weighted by Crippen LogP contribution is -1.95. The Hall–Kier alpha value is -1.29. The van der Waals surface area contributed by atoms with Gasteiger partial charge < -0.3 is 10.7 Å². The van der Waals surface area contributed by atoms with Gasteiger partial charge in [0, 0.05) is 10.2 Å². The van der Waals surface area contributed by atoms with Crippen molar-refractivity contribution in [3.63, 3.8) is 0 Å². The van der Waals surface area contributed by atoms with Gasteiger partial charge in [0.1, 0.15) is 0 Å². The summed E-state index contributed by atoms with van der Waals surface area (Å²) < 4.78 is 1.15. The van der Waals surface area contributed by atoms with Gasteiger partial charge in [0.05, 0.1) is 5.69 Å². The molecule has 3 N–H and O–H groups in total. The molecule has 84 valence electrons. The van der Waals surface area contributed by atoms with Crippen LogP contribution in [0.1, 0.15) is 17.0 Å². The lowest BCUT2D eigenvalue weighted by Gasteiger charge is -2.02. The van der Waals surface area contributed by atoms with Crippen LogP contribution in [0.4, 0.5) is 5.95 Å². The van der Waals surface area contributed by atoms with Crippen LogP contribution in [0.3, 0.4) is 0 Å². The van der Waals surface area contributed by atoms with E-state index < -0.39 is 0 Å². The van der Waals surface area contributed by atoms with E-state index >= 15 is 0 Å². The summed E-state index contributed by atoms with van der Waals surface area (Å²) in [5.74, 6) is 0.500. The number of anilines is 1. The molecule has 0 saturated carbocycles. The second-order valence-electron chi connectivity index (χ2n) is 3.79. The monoisotopic (exact) mass is 279 g/mol. The average Bonchev–Trinajstić information content (AvgIpc) is 2.56. The molecule has 0 amide bonds. The van der Waals surface area contributed by atoms with Crippen molar-refractivity contribution in [2.45, 2.75) is 19.8 Å². The van der Waals surface area contributed by atoms with Gasteiger partial charge in [0.25, 0.3) is 0 Å². The number of aryl methyl sites for hydroxylation is 3. The van der Waals surface area contributed by atoms with Crippen molar-refractivity contribution in [2.24, 2.45) is 0 Å². The summed E-state index contributed by atoms with van der Waals surface area (Å²) in [6, 6.07) is 8.24. The number of halogens is 1. The molecule has 2 aromatic rings. The number of hydrogen-bond donors (Lipinski definition) is 2. The van der Waals surface area contributed by atoms with Crippen molar-refractivity contribution in [1.82, 2.24) is 9.97 Å². The quantitative estimate of drug-likeness (QED) is 0.908. The number of aromatic amines is 1. The minimum absolute atomic E-state index is 0.500. The maximum Gasteiger partial charge on any atom is 0.197 e. The van der Waals surface area contributed by atoms with Gasteiger partial charge in [0.2, 0.25) is 0 Å². The second-order valence-corrected chi connectivity index (χ2v) is 4.64. The van der Waals surface area contributed by atoms with Crippen molar-refractivity contribution >= 4 is 21.9 Å². The molecule has 0 aliphatic rings. The Morgan fingerprint density at radius 3 is 2.69 bits per heavy atom. The third-order valence-corrected chi connectivity index (χ3v) is 3.37. The van der Waals surface area contributed by atoms with E-state index in [-0.39, 0.29) is 0 Å². The van der Waals surface area contributed by atoms with E-state index in [0.29, 0.717) is 5.95 Å². The summed E-state index contributed by atoms with van der Waals surface area (Å²) in [7, 11) is 0. The molecule has 0 bridgehead atoms. The first-order chi connectivity index (χ1) is 7.66. The maximum atomic E-state index is 5.60. The largest absolute Gasteiger partial charge is 0.369 e. The molecule has 0 aliphatic carbocycles. The van der Waals surface area contributed by atoms with Crippen LogP contribution in [0.15, 0.2) is 28.7 Å². The number of aromatic nitrogens is 2. The van der Waals surface area contributed by atoms with Gasteiger partial charge >= 0.3 is 0 Å². The Morgan fingerprint density at radius 2 is 2.06 bits per heavy atom. The molecule has 1 heterocycles. The van der Waals surface area contributed by atoms with Gasteiger partial charge in [-0.1, -0.05) is 34.1 Å². The Labute approximate surface area is 103 Å². The molecule has 0 saturated heterocycles. The zero-order chi connectivity index (χ0) is 11.5. The summed E-state index contributed by atoms with van der Waals surface area (Å²) in [5.41, 5.74) is 9.01. The number of rotatable bonds is 3. The van der Waals surface area contributed by atoms with E-state index in [1.54, 1.807) is 0 Å². The molecule has 3 nitrogen and oxygen atoms in total. The minimum Gasteiger partial charge on any atom is -0.369 e. The molecule has 2 rings (SSSR count). The maximum absolute atomic E-state index is 5.60. The van der Waals surface area contributed by atoms with Crippen molar-refractivity contribution in [2.75, 3.05) is 5.73 Å². The van der Waals surface area contributed by atoms with Gasteiger partial charge in [-0.2, -0.15) is 0 Å². The van der Waals surface area contributed by atoms with Crippen molar-refractivity contribution < 1.29 is 0 Å². The molecule has 0 spiro atoms. The van der Waals surface area contributed by atoms with Crippen LogP contribution < -0.4 is 5.73 Å². The molecular formula is C12H14BrN3. The molecule has 4 heteroatoms. The highest BCUT2D eigenvalue weighted by Crippen LogP contribution is 2.18. The highest BCUT2D eigenvalue weighted by molar-refractivity contribution is 9.10. The summed E-state index contributed by atoms with van der Waals surface area (Å²) >= 11 is 3.54. The number of imidazole rings is 1. The fourth-order valence-corrected chi connectivity index (χ4v) is 2.20. The molecule has 0 radical (unpaired) electrons. The Kier molecular flexibility index (Phi) is 3.29. The molecule has 0 fully saturated rings. The zero-order valence-corrected chi connectivity index (χ0v) is 10.7. The van der Waals surface area contributed by atoms with Gasteiger partial charge in [0.15, 0.2) is 5.95 Å². The van der Waals surface area contributed by atoms with E-state index in [4.69, 9.17) is 5.73 Å². The number of nitrogens with one attached hydrogen (secondary N) is 1. The number of hydrogen-bond acceptors (Lipinski definition) is 2. The predicted molar refractivity (Wildman–Crippen MR) is 69.3 cm³/mol. The van der Waals surface area contributed by atoms with Crippen LogP contribution in [-0.2, 0) is 12.8 Å². The minimum atomic E-state index is 0.500. The third kappa shape index (κ3) is 2.44. The van der Waals surface area contributed by atoms with E-state index in [9.17, 15) is 0 Å². The molecule has 0 atom stereocenters. The van der Waals surface area contributed by atoms with Crippen LogP contribution in [0, 0.1) is 6.92 Å². The highest BCUT2D eigenvalue weighted by Gasteiger charge is 2.05. The standard InChI is InChI=1S/C12H14BrN3/c1-8-11(16-12(14)15-8)7-6-9-4-2-3-5-10(9)13/h2-5H,6-7H2,1H3,(H3,14,15,16). The number of benzene rings is 1. The van der Waals surface area contributed by atoms with E-state index in [1.807, 2.05) is 19.1 Å². The summed E-state index contributed by atoms with van der Waals surface area (Å²) in [6.45, 7) is 2.00. The molecule has 1 aromatic heterocycles. The Morgan fingerprint density at radius 1 is 1.31 bits per heavy atom. The van der Waals surface area contributed by atoms with Gasteiger partial charge in [-0.25, -0.2) is 4.98 Å². The van der Waals surface area contributed by atoms with Crippen LogP contribution in [0.5, 0.6) is 0 Å². The fraction of sp³-hybridized carbons (Fsp3) is 0.250. The highest BCUT2D eigenvalue weighted by atomic mass is 79.9. The lowest BCUT2D eigenvalue weighted by molar-refractivity contribution is 0.910. The molecular weight excluding hydrogens is 266 g/mol. The Bertz CT molecular complexity index is 491. The molecule has 1 aromatic carbocycles. The first-order valence-corrected chi connectivity index (χ1v) is 6.00. The topological polar surface area (TPSA) is 54.7 Å². The van der Waals surface area contributed by atoms with Crippen molar-refractivity contribution in [1.29, 1.82) is 0 Å². The zero-order valence-electron chi connectivity index (χ0n) is 9.13. The van der Waals surface area contributed by atoms with E-state index in [1.165, 1.54) is 5.56 Å². The van der Waals surface area contributed by atoms with Crippen LogP contribution >= 0.6 is 15.9 Å². The second kappa shape index (κ2) is 4.70. The number of H-pyrrole nitrogens is 1. The SMILES string of the molecule is Cc1[nH]c(N)nc1CCc1ccccc1Br. The number of nitrogen functional groups attached to an aromatic ring is 1. The van der Waals surface area contributed by atoms with Gasteiger partial charge in [-0.15, -0.1) is 0 Å². The number of nitrogens with zero attached hydrogens (tertiary/aromatic N) is 1. The van der Waals surface area contributed by atoms with E-state index in [0.717, 1.165) is 28.7 Å². The summed E-state index contributed by atoms with van der Waals surface area (Å²) in [4.78, 5) is 7.28. The molecule has 16 heavy (non-hydrogen) atoms. The first-order valence-electron chi connectivity index (χ1n) is 5.21. The average molecular weight is 280 g/mol. The van der Waals surface area contributed by atoms with E-state index in [2.05, 4.69) is 38.0 Å². The van der Waals surface area contributed by atoms with Crippen molar-refractivity contribution in [3.8, 4) is 0 Å². The fourth-order valence-electron chi connectivity index (χ4n) is 1.72. The van der Waals surface area contributed by atoms with Crippen LogP contribution in [-0.4, -0.2) is 9.97 Å². The molecule has 0 unspecified atom stereocenters. The van der Waals surface area contributed by atoms with Crippen LogP contribution in [0.25, 0.3) is 0 Å². The number of nitrogens with two attached hydrogens (primary N) is 1. The summed E-state index contributed by atoms with van der Waals surface area (Å²) in [6.07, 6.45) is 1.87. The molecule has 0 aliphatic heterocycles.